The minimum Gasteiger partial charge on any atom is -0.337 e. The fourth-order valence-electron chi connectivity index (χ4n) is 3.49. The highest BCUT2D eigenvalue weighted by Crippen LogP contribution is 2.22. The van der Waals surface area contributed by atoms with Crippen molar-refractivity contribution in [3.8, 4) is 0 Å². The quantitative estimate of drug-likeness (QED) is 0.820. The summed E-state index contributed by atoms with van der Waals surface area (Å²) < 4.78 is 1.72. The van der Waals surface area contributed by atoms with Crippen LogP contribution in [0.15, 0.2) is 6.20 Å². The van der Waals surface area contributed by atoms with Gasteiger partial charge in [0.05, 0.1) is 11.3 Å². The summed E-state index contributed by atoms with van der Waals surface area (Å²) in [5.74, 6) is 0.148. The van der Waals surface area contributed by atoms with Gasteiger partial charge in [-0.2, -0.15) is 5.10 Å². The van der Waals surface area contributed by atoms with Gasteiger partial charge in [0.1, 0.15) is 0 Å². The monoisotopic (exact) mass is 276 g/mol. The number of hydrogen-bond donors (Lipinski definition) is 0. The number of amides is 1. The fourth-order valence-corrected chi connectivity index (χ4v) is 3.49. The molecule has 0 aliphatic carbocycles. The summed E-state index contributed by atoms with van der Waals surface area (Å²) in [7, 11) is 1.87. The topological polar surface area (TPSA) is 41.4 Å². The van der Waals surface area contributed by atoms with Gasteiger partial charge in [0, 0.05) is 32.4 Å². The molecule has 1 amide bonds. The first kappa shape index (κ1) is 13.6. The molecule has 2 aliphatic rings. The van der Waals surface area contributed by atoms with Gasteiger partial charge >= 0.3 is 0 Å². The van der Waals surface area contributed by atoms with Crippen molar-refractivity contribution >= 4 is 5.91 Å². The van der Waals surface area contributed by atoms with E-state index in [1.165, 1.54) is 32.4 Å². The molecular formula is C15H24N4O. The predicted molar refractivity (Wildman–Crippen MR) is 77.7 cm³/mol. The number of aryl methyl sites for hydroxylation is 2. The van der Waals surface area contributed by atoms with Gasteiger partial charge in [0.25, 0.3) is 5.91 Å². The Morgan fingerprint density at radius 2 is 2.00 bits per heavy atom. The van der Waals surface area contributed by atoms with Crippen molar-refractivity contribution in [3.63, 3.8) is 0 Å². The molecule has 3 heterocycles. The molecule has 1 unspecified atom stereocenters. The molecule has 2 saturated heterocycles. The van der Waals surface area contributed by atoms with Crippen molar-refractivity contribution in [2.45, 2.75) is 38.6 Å². The Morgan fingerprint density at radius 1 is 1.25 bits per heavy atom. The van der Waals surface area contributed by atoms with Crippen LogP contribution in [0.2, 0.25) is 0 Å². The van der Waals surface area contributed by atoms with Crippen molar-refractivity contribution in [2.24, 2.45) is 7.05 Å². The third-order valence-corrected chi connectivity index (χ3v) is 4.60. The van der Waals surface area contributed by atoms with Crippen molar-refractivity contribution in [3.05, 3.63) is 17.5 Å². The van der Waals surface area contributed by atoms with E-state index in [0.717, 1.165) is 30.8 Å². The lowest BCUT2D eigenvalue weighted by molar-refractivity contribution is 0.0770. The Balaban J connectivity index is 1.64. The second-order valence-corrected chi connectivity index (χ2v) is 6.09. The summed E-state index contributed by atoms with van der Waals surface area (Å²) in [6.45, 7) is 6.09. The van der Waals surface area contributed by atoms with E-state index in [0.29, 0.717) is 6.04 Å². The molecule has 5 heteroatoms. The minimum atomic E-state index is 0.148. The third-order valence-electron chi connectivity index (χ3n) is 4.60. The molecule has 0 radical (unpaired) electrons. The molecule has 0 aromatic carbocycles. The second kappa shape index (κ2) is 5.56. The zero-order chi connectivity index (χ0) is 14.1. The largest absolute Gasteiger partial charge is 0.337 e. The Morgan fingerprint density at radius 3 is 2.65 bits per heavy atom. The number of likely N-dealkylation sites (tertiary alicyclic amines) is 2. The molecule has 20 heavy (non-hydrogen) atoms. The van der Waals surface area contributed by atoms with Crippen molar-refractivity contribution in [2.75, 3.05) is 26.2 Å². The summed E-state index contributed by atoms with van der Waals surface area (Å²) in [5, 5.41) is 4.27. The van der Waals surface area contributed by atoms with Crippen LogP contribution in [0.5, 0.6) is 0 Å². The summed E-state index contributed by atoms with van der Waals surface area (Å²) in [6, 6.07) is 0.566. The maximum atomic E-state index is 12.6. The van der Waals surface area contributed by atoms with Crippen LogP contribution in [0, 0.1) is 6.92 Å². The van der Waals surface area contributed by atoms with E-state index >= 15 is 0 Å². The molecule has 1 aromatic rings. The lowest BCUT2D eigenvalue weighted by Gasteiger charge is -2.32. The van der Waals surface area contributed by atoms with E-state index in [4.69, 9.17) is 0 Å². The highest BCUT2D eigenvalue weighted by molar-refractivity contribution is 5.95. The maximum absolute atomic E-state index is 12.6. The van der Waals surface area contributed by atoms with E-state index in [1.54, 1.807) is 4.68 Å². The molecule has 1 aromatic heterocycles. The number of hydrogen-bond acceptors (Lipinski definition) is 3. The first-order valence-electron chi connectivity index (χ1n) is 7.69. The van der Waals surface area contributed by atoms with Crippen LogP contribution >= 0.6 is 0 Å². The molecular weight excluding hydrogens is 252 g/mol. The van der Waals surface area contributed by atoms with Crippen LogP contribution < -0.4 is 0 Å². The molecule has 5 nitrogen and oxygen atoms in total. The van der Waals surface area contributed by atoms with E-state index in [9.17, 15) is 4.79 Å². The lowest BCUT2D eigenvalue weighted by atomic mass is 10.1. The molecule has 2 fully saturated rings. The molecule has 0 saturated carbocycles. The number of carbonyl (C=O) groups excluding carboxylic acids is 1. The summed E-state index contributed by atoms with van der Waals surface area (Å²) >= 11 is 0. The summed E-state index contributed by atoms with van der Waals surface area (Å²) in [5.41, 5.74) is 1.59. The van der Waals surface area contributed by atoms with E-state index in [1.807, 2.05) is 25.1 Å². The minimum absolute atomic E-state index is 0.148. The molecule has 110 valence electrons. The van der Waals surface area contributed by atoms with Crippen LogP contribution in [0.25, 0.3) is 0 Å². The van der Waals surface area contributed by atoms with Crippen molar-refractivity contribution in [1.29, 1.82) is 0 Å². The highest BCUT2D eigenvalue weighted by atomic mass is 16.2. The summed E-state index contributed by atoms with van der Waals surface area (Å²) in [6.07, 6.45) is 6.94. The lowest BCUT2D eigenvalue weighted by Crippen LogP contribution is -2.41. The van der Waals surface area contributed by atoms with Crippen LogP contribution in [0.3, 0.4) is 0 Å². The average Bonchev–Trinajstić information content (AvgIpc) is 3.06. The van der Waals surface area contributed by atoms with Gasteiger partial charge in [0.15, 0.2) is 0 Å². The van der Waals surface area contributed by atoms with E-state index in [-0.39, 0.29) is 5.91 Å². The Labute approximate surface area is 120 Å². The van der Waals surface area contributed by atoms with Crippen LogP contribution in [0.1, 0.15) is 41.7 Å². The van der Waals surface area contributed by atoms with Crippen molar-refractivity contribution < 1.29 is 4.79 Å². The Hall–Kier alpha value is -1.36. The zero-order valence-corrected chi connectivity index (χ0v) is 12.5. The molecule has 1 atom stereocenters. The smallest absolute Gasteiger partial charge is 0.257 e. The molecule has 0 spiro atoms. The molecule has 3 rings (SSSR count). The number of nitrogens with zero attached hydrogens (tertiary/aromatic N) is 4. The third kappa shape index (κ3) is 2.59. The fraction of sp³-hybridized carbons (Fsp3) is 0.733. The molecule has 0 N–H and O–H groups in total. The van der Waals surface area contributed by atoms with Gasteiger partial charge < -0.3 is 4.90 Å². The standard InChI is InChI=1S/C15H24N4O/c1-12-14(11-17(2)16-12)15(20)19-9-6-13(10-19)18-7-4-3-5-8-18/h11,13H,3-10H2,1-2H3. The first-order valence-corrected chi connectivity index (χ1v) is 7.69. The summed E-state index contributed by atoms with van der Waals surface area (Å²) in [4.78, 5) is 17.1. The number of carbonyl (C=O) groups is 1. The second-order valence-electron chi connectivity index (χ2n) is 6.09. The number of aromatic nitrogens is 2. The van der Waals surface area contributed by atoms with Gasteiger partial charge in [-0.05, 0) is 39.3 Å². The van der Waals surface area contributed by atoms with Crippen LogP contribution in [-0.2, 0) is 7.05 Å². The Kier molecular flexibility index (Phi) is 3.78. The van der Waals surface area contributed by atoms with Crippen LogP contribution in [0.4, 0.5) is 0 Å². The van der Waals surface area contributed by atoms with Crippen molar-refractivity contribution in [1.82, 2.24) is 19.6 Å². The van der Waals surface area contributed by atoms with Gasteiger partial charge in [0.2, 0.25) is 0 Å². The molecule has 0 bridgehead atoms. The number of rotatable bonds is 2. The maximum Gasteiger partial charge on any atom is 0.257 e. The average molecular weight is 276 g/mol. The Bertz CT molecular complexity index is 490. The predicted octanol–water partition coefficient (Wildman–Crippen LogP) is 1.43. The number of piperidine rings is 1. The normalized spacial score (nSPS) is 24.3. The SMILES string of the molecule is Cc1nn(C)cc1C(=O)N1CCC(N2CCCCC2)C1. The van der Waals surface area contributed by atoms with E-state index < -0.39 is 0 Å². The van der Waals surface area contributed by atoms with Gasteiger partial charge in [-0.15, -0.1) is 0 Å². The van der Waals surface area contributed by atoms with Gasteiger partial charge in [-0.1, -0.05) is 6.42 Å². The first-order chi connectivity index (χ1) is 9.65. The van der Waals surface area contributed by atoms with Crippen LogP contribution in [-0.4, -0.2) is 57.7 Å². The van der Waals surface area contributed by atoms with Gasteiger partial charge in [-0.3, -0.25) is 14.4 Å². The van der Waals surface area contributed by atoms with Gasteiger partial charge in [-0.25, -0.2) is 0 Å². The van der Waals surface area contributed by atoms with E-state index in [2.05, 4.69) is 10.00 Å². The highest BCUT2D eigenvalue weighted by Gasteiger charge is 2.32. The molecule has 2 aliphatic heterocycles. The zero-order valence-electron chi connectivity index (χ0n) is 12.5.